The third kappa shape index (κ3) is 4.47. The molecule has 0 aromatic heterocycles. The van der Waals surface area contributed by atoms with Gasteiger partial charge in [0.2, 0.25) is 11.8 Å². The molecule has 1 unspecified atom stereocenters. The quantitative estimate of drug-likeness (QED) is 0.730. The number of piperidine rings is 1. The molecule has 6 nitrogen and oxygen atoms in total. The number of fused-ring (bicyclic) bond motifs is 1. The summed E-state index contributed by atoms with van der Waals surface area (Å²) in [6.45, 7) is 2.67. The van der Waals surface area contributed by atoms with Crippen molar-refractivity contribution in [1.82, 2.24) is 10.2 Å². The summed E-state index contributed by atoms with van der Waals surface area (Å²) >= 11 is 0. The SMILES string of the molecule is CC1CCC(CC(=O)CCc2ccc3c(c2)CN(C2CCC(=O)NC2=O)C3=O)CC1. The molecule has 1 aliphatic carbocycles. The van der Waals surface area contributed by atoms with Crippen molar-refractivity contribution in [2.24, 2.45) is 11.8 Å². The van der Waals surface area contributed by atoms with E-state index in [1.165, 1.54) is 25.7 Å². The van der Waals surface area contributed by atoms with Crippen molar-refractivity contribution in [1.29, 1.82) is 0 Å². The van der Waals surface area contributed by atoms with E-state index in [0.717, 1.165) is 17.0 Å². The summed E-state index contributed by atoms with van der Waals surface area (Å²) in [6, 6.07) is 5.13. The lowest BCUT2D eigenvalue weighted by molar-refractivity contribution is -0.137. The number of hydrogen-bond acceptors (Lipinski definition) is 4. The maximum atomic E-state index is 12.8. The van der Waals surface area contributed by atoms with Crippen molar-refractivity contribution >= 4 is 23.5 Å². The standard InChI is InChI=1S/C24H30N2O4/c1-15-2-4-17(5-3-15)13-19(27)8-6-16-7-9-20-18(12-16)14-26(24(20)30)21-10-11-22(28)25-23(21)29/h7,9,12,15,17,21H,2-6,8,10-11,13-14H2,1H3,(H,25,28,29). The second kappa shape index (κ2) is 8.70. The predicted molar refractivity (Wildman–Crippen MR) is 112 cm³/mol. The van der Waals surface area contributed by atoms with Crippen LogP contribution in [0.5, 0.6) is 0 Å². The molecule has 2 heterocycles. The van der Waals surface area contributed by atoms with Crippen LogP contribution in [-0.2, 0) is 27.3 Å². The van der Waals surface area contributed by atoms with Crippen LogP contribution in [0.2, 0.25) is 0 Å². The van der Waals surface area contributed by atoms with E-state index in [9.17, 15) is 19.2 Å². The molecule has 1 aromatic carbocycles. The number of carbonyl (C=O) groups is 4. The largest absolute Gasteiger partial charge is 0.322 e. The van der Waals surface area contributed by atoms with Crippen molar-refractivity contribution < 1.29 is 19.2 Å². The minimum atomic E-state index is -0.592. The van der Waals surface area contributed by atoms with Crippen LogP contribution in [-0.4, -0.2) is 34.4 Å². The molecule has 2 fully saturated rings. The molecule has 3 amide bonds. The maximum absolute atomic E-state index is 12.8. The van der Waals surface area contributed by atoms with Crippen LogP contribution in [0.4, 0.5) is 0 Å². The van der Waals surface area contributed by atoms with Gasteiger partial charge < -0.3 is 4.90 Å². The molecule has 6 heteroatoms. The third-order valence-corrected chi connectivity index (χ3v) is 6.93. The average Bonchev–Trinajstić information content (AvgIpc) is 3.04. The second-order valence-electron chi connectivity index (χ2n) is 9.26. The van der Waals surface area contributed by atoms with Crippen LogP contribution >= 0.6 is 0 Å². The van der Waals surface area contributed by atoms with Crippen LogP contribution in [0.25, 0.3) is 0 Å². The summed E-state index contributed by atoms with van der Waals surface area (Å²) < 4.78 is 0. The molecule has 160 valence electrons. The Bertz CT molecular complexity index is 870. The normalized spacial score (nSPS) is 26.5. The second-order valence-corrected chi connectivity index (χ2v) is 9.26. The lowest BCUT2D eigenvalue weighted by Crippen LogP contribution is -2.52. The smallest absolute Gasteiger partial charge is 0.255 e. The van der Waals surface area contributed by atoms with Crippen molar-refractivity contribution in [2.45, 2.75) is 77.3 Å². The first-order valence-corrected chi connectivity index (χ1v) is 11.2. The van der Waals surface area contributed by atoms with E-state index in [1.54, 1.807) is 4.90 Å². The summed E-state index contributed by atoms with van der Waals surface area (Å²) in [5, 5.41) is 2.32. The number of Topliss-reactive ketones (excluding diaryl/α,β-unsaturated/α-hetero) is 1. The fourth-order valence-electron chi connectivity index (χ4n) is 5.02. The zero-order valence-electron chi connectivity index (χ0n) is 17.6. The molecule has 3 aliphatic rings. The molecule has 0 bridgehead atoms. The number of aryl methyl sites for hydroxylation is 1. The molecule has 1 aromatic rings. The summed E-state index contributed by atoms with van der Waals surface area (Å²) in [5.41, 5.74) is 2.57. The molecule has 0 radical (unpaired) electrons. The summed E-state index contributed by atoms with van der Waals surface area (Å²) in [6.07, 6.45) is 7.35. The zero-order chi connectivity index (χ0) is 21.3. The zero-order valence-corrected chi connectivity index (χ0v) is 17.6. The van der Waals surface area contributed by atoms with Gasteiger partial charge in [-0.25, -0.2) is 0 Å². The first-order chi connectivity index (χ1) is 14.4. The van der Waals surface area contributed by atoms with E-state index in [1.807, 2.05) is 18.2 Å². The Kier molecular flexibility index (Phi) is 6.02. The van der Waals surface area contributed by atoms with Crippen molar-refractivity contribution in [3.05, 3.63) is 34.9 Å². The van der Waals surface area contributed by atoms with Crippen molar-refractivity contribution in [3.63, 3.8) is 0 Å². The Balaban J connectivity index is 1.33. The minimum Gasteiger partial charge on any atom is -0.322 e. The maximum Gasteiger partial charge on any atom is 0.255 e. The average molecular weight is 411 g/mol. The van der Waals surface area contributed by atoms with E-state index < -0.39 is 11.9 Å². The minimum absolute atomic E-state index is 0.159. The lowest BCUT2D eigenvalue weighted by atomic mass is 9.80. The van der Waals surface area contributed by atoms with Gasteiger partial charge in [0.25, 0.3) is 5.91 Å². The number of carbonyl (C=O) groups excluding carboxylic acids is 4. The van der Waals surface area contributed by atoms with E-state index in [-0.39, 0.29) is 18.2 Å². The summed E-state index contributed by atoms with van der Waals surface area (Å²) in [7, 11) is 0. The first-order valence-electron chi connectivity index (χ1n) is 11.2. The predicted octanol–water partition coefficient (Wildman–Crippen LogP) is 3.17. The topological polar surface area (TPSA) is 83.6 Å². The fraction of sp³-hybridized carbons (Fsp3) is 0.583. The van der Waals surface area contributed by atoms with E-state index in [2.05, 4.69) is 12.2 Å². The van der Waals surface area contributed by atoms with Gasteiger partial charge in [0, 0.05) is 31.4 Å². The number of nitrogens with one attached hydrogen (secondary N) is 1. The lowest BCUT2D eigenvalue weighted by Gasteiger charge is -2.29. The van der Waals surface area contributed by atoms with Crippen LogP contribution in [0.15, 0.2) is 18.2 Å². The van der Waals surface area contributed by atoms with Crippen LogP contribution in [0.3, 0.4) is 0 Å². The van der Waals surface area contributed by atoms with Crippen LogP contribution < -0.4 is 5.32 Å². The highest BCUT2D eigenvalue weighted by atomic mass is 16.2. The number of amides is 3. The van der Waals surface area contributed by atoms with Gasteiger partial charge in [-0.2, -0.15) is 0 Å². The molecular formula is C24H30N2O4. The van der Waals surface area contributed by atoms with Gasteiger partial charge in [-0.05, 0) is 54.7 Å². The van der Waals surface area contributed by atoms with Gasteiger partial charge >= 0.3 is 0 Å². The van der Waals surface area contributed by atoms with Crippen molar-refractivity contribution in [3.8, 4) is 0 Å². The Hall–Kier alpha value is -2.50. The van der Waals surface area contributed by atoms with Gasteiger partial charge in [-0.3, -0.25) is 24.5 Å². The Morgan fingerprint density at radius 1 is 1.10 bits per heavy atom. The number of rotatable bonds is 6. The number of benzene rings is 1. The molecular weight excluding hydrogens is 380 g/mol. The number of nitrogens with zero attached hydrogens (tertiary/aromatic N) is 1. The summed E-state index contributed by atoms with van der Waals surface area (Å²) in [5.74, 6) is 0.842. The van der Waals surface area contributed by atoms with Crippen LogP contribution in [0, 0.1) is 11.8 Å². The number of hydrogen-bond donors (Lipinski definition) is 1. The van der Waals surface area contributed by atoms with Gasteiger partial charge in [-0.1, -0.05) is 31.9 Å². The highest BCUT2D eigenvalue weighted by Gasteiger charge is 2.39. The molecule has 4 rings (SSSR count). The molecule has 1 N–H and O–H groups in total. The van der Waals surface area contributed by atoms with Gasteiger partial charge in [0.1, 0.15) is 11.8 Å². The third-order valence-electron chi connectivity index (χ3n) is 6.93. The molecule has 1 saturated carbocycles. The monoisotopic (exact) mass is 410 g/mol. The van der Waals surface area contributed by atoms with E-state index in [0.29, 0.717) is 49.5 Å². The highest BCUT2D eigenvalue weighted by Crippen LogP contribution is 2.31. The first kappa shape index (κ1) is 20.8. The molecule has 30 heavy (non-hydrogen) atoms. The molecule has 2 aliphatic heterocycles. The van der Waals surface area contributed by atoms with Gasteiger partial charge in [0.15, 0.2) is 0 Å². The van der Waals surface area contributed by atoms with E-state index >= 15 is 0 Å². The highest BCUT2D eigenvalue weighted by molar-refractivity contribution is 6.05. The summed E-state index contributed by atoms with van der Waals surface area (Å²) in [4.78, 5) is 50.3. The molecule has 0 spiro atoms. The number of ketones is 1. The van der Waals surface area contributed by atoms with E-state index in [4.69, 9.17) is 0 Å². The molecule has 1 atom stereocenters. The fourth-order valence-corrected chi connectivity index (χ4v) is 5.02. The van der Waals surface area contributed by atoms with Gasteiger partial charge in [-0.15, -0.1) is 0 Å². The number of imide groups is 1. The van der Waals surface area contributed by atoms with Crippen LogP contribution in [0.1, 0.15) is 79.8 Å². The Morgan fingerprint density at radius 2 is 1.87 bits per heavy atom. The van der Waals surface area contributed by atoms with Gasteiger partial charge in [0.05, 0.1) is 0 Å². The Labute approximate surface area is 177 Å². The Morgan fingerprint density at radius 3 is 2.60 bits per heavy atom. The molecule has 1 saturated heterocycles. The van der Waals surface area contributed by atoms with Crippen molar-refractivity contribution in [2.75, 3.05) is 0 Å².